The maximum Gasteiger partial charge on any atom is 0.243 e. The van der Waals surface area contributed by atoms with Gasteiger partial charge < -0.3 is 11.1 Å². The SMILES string of the molecule is CC(C)N[C@H](CC1CCCCC1)C(=O)NC(=O)[C@@H]1CCCN1Cc1ccc2c(N)nccc2c1. The predicted molar refractivity (Wildman–Crippen MR) is 136 cm³/mol. The molecule has 7 nitrogen and oxygen atoms in total. The number of nitrogen functional groups attached to an aromatic ring is 1. The van der Waals surface area contributed by atoms with Gasteiger partial charge in [-0.15, -0.1) is 0 Å². The fourth-order valence-electron chi connectivity index (χ4n) is 5.60. The van der Waals surface area contributed by atoms with E-state index in [4.69, 9.17) is 5.73 Å². The number of carbonyl (C=O) groups is 2. The lowest BCUT2D eigenvalue weighted by molar-refractivity contribution is -0.134. The summed E-state index contributed by atoms with van der Waals surface area (Å²) >= 11 is 0. The van der Waals surface area contributed by atoms with Crippen molar-refractivity contribution in [3.63, 3.8) is 0 Å². The number of anilines is 1. The number of imide groups is 1. The molecule has 1 aliphatic carbocycles. The van der Waals surface area contributed by atoms with Crippen molar-refractivity contribution in [2.45, 2.75) is 89.9 Å². The van der Waals surface area contributed by atoms with Crippen molar-refractivity contribution in [2.75, 3.05) is 12.3 Å². The Balaban J connectivity index is 1.39. The standard InChI is InChI=1S/C27H39N5O2/c1-18(2)30-23(16-19-7-4-3-5-8-19)26(33)31-27(34)24-9-6-14-32(24)17-20-10-11-22-21(15-20)12-13-29-25(22)28/h10-13,15,18-19,23-24,30H,3-9,14,16-17H2,1-2H3,(H2,28,29)(H,31,33,34)/t23-,24+/m1/s1. The molecule has 1 aromatic heterocycles. The van der Waals surface area contributed by atoms with Gasteiger partial charge >= 0.3 is 0 Å². The molecule has 2 amide bonds. The molecule has 2 atom stereocenters. The molecule has 34 heavy (non-hydrogen) atoms. The lowest BCUT2D eigenvalue weighted by Crippen LogP contribution is -2.53. The Morgan fingerprint density at radius 1 is 1.12 bits per heavy atom. The summed E-state index contributed by atoms with van der Waals surface area (Å²) in [6.45, 7) is 5.61. The minimum absolute atomic E-state index is 0.170. The second-order valence-electron chi connectivity index (χ2n) is 10.3. The zero-order valence-electron chi connectivity index (χ0n) is 20.6. The van der Waals surface area contributed by atoms with E-state index in [-0.39, 0.29) is 29.9 Å². The smallest absolute Gasteiger partial charge is 0.243 e. The molecular formula is C27H39N5O2. The number of nitrogens with zero attached hydrogens (tertiary/aromatic N) is 2. The van der Waals surface area contributed by atoms with Crippen LogP contribution >= 0.6 is 0 Å². The number of rotatable bonds is 8. The molecule has 1 saturated heterocycles. The summed E-state index contributed by atoms with van der Waals surface area (Å²) in [7, 11) is 0. The molecule has 4 N–H and O–H groups in total. The number of hydrogen-bond donors (Lipinski definition) is 3. The Morgan fingerprint density at radius 2 is 1.91 bits per heavy atom. The molecule has 7 heteroatoms. The van der Waals surface area contributed by atoms with E-state index in [1.165, 1.54) is 32.1 Å². The zero-order valence-corrected chi connectivity index (χ0v) is 20.6. The highest BCUT2D eigenvalue weighted by atomic mass is 16.2. The minimum Gasteiger partial charge on any atom is -0.383 e. The molecule has 0 radical (unpaired) electrons. The van der Waals surface area contributed by atoms with E-state index < -0.39 is 0 Å². The number of benzene rings is 1. The van der Waals surface area contributed by atoms with Crippen LogP contribution in [-0.4, -0.2) is 46.4 Å². The number of carbonyl (C=O) groups excluding carboxylic acids is 2. The molecular weight excluding hydrogens is 426 g/mol. The van der Waals surface area contributed by atoms with Crippen LogP contribution in [-0.2, 0) is 16.1 Å². The van der Waals surface area contributed by atoms with E-state index in [0.29, 0.717) is 18.3 Å². The van der Waals surface area contributed by atoms with E-state index in [9.17, 15) is 9.59 Å². The number of hydrogen-bond acceptors (Lipinski definition) is 6. The van der Waals surface area contributed by atoms with Crippen molar-refractivity contribution in [3.05, 3.63) is 36.0 Å². The fraction of sp³-hybridized carbons (Fsp3) is 0.593. The van der Waals surface area contributed by atoms with Gasteiger partial charge in [0, 0.05) is 24.2 Å². The van der Waals surface area contributed by atoms with Gasteiger partial charge in [-0.2, -0.15) is 0 Å². The molecule has 2 aromatic rings. The van der Waals surface area contributed by atoms with Crippen molar-refractivity contribution < 1.29 is 9.59 Å². The van der Waals surface area contributed by atoms with Gasteiger partial charge in [-0.05, 0) is 54.8 Å². The molecule has 2 heterocycles. The van der Waals surface area contributed by atoms with Gasteiger partial charge in [0.25, 0.3) is 0 Å². The molecule has 1 aliphatic heterocycles. The highest BCUT2D eigenvalue weighted by Gasteiger charge is 2.33. The molecule has 0 bridgehead atoms. The van der Waals surface area contributed by atoms with Crippen molar-refractivity contribution >= 4 is 28.4 Å². The van der Waals surface area contributed by atoms with Crippen LogP contribution in [0.4, 0.5) is 5.82 Å². The molecule has 0 spiro atoms. The fourth-order valence-corrected chi connectivity index (χ4v) is 5.60. The summed E-state index contributed by atoms with van der Waals surface area (Å²) in [4.78, 5) is 32.6. The number of likely N-dealkylation sites (tertiary alicyclic amines) is 1. The lowest BCUT2D eigenvalue weighted by Gasteiger charge is -2.29. The second kappa shape index (κ2) is 11.3. The van der Waals surface area contributed by atoms with Crippen LogP contribution in [0.5, 0.6) is 0 Å². The van der Waals surface area contributed by atoms with E-state index in [1.54, 1.807) is 6.20 Å². The number of nitrogens with one attached hydrogen (secondary N) is 2. The van der Waals surface area contributed by atoms with Gasteiger partial charge in [0.1, 0.15) is 5.82 Å². The number of amides is 2. The number of aromatic nitrogens is 1. The summed E-state index contributed by atoms with van der Waals surface area (Å²) in [5, 5.41) is 8.15. The van der Waals surface area contributed by atoms with E-state index >= 15 is 0 Å². The minimum atomic E-state index is -0.318. The van der Waals surface area contributed by atoms with Crippen LogP contribution in [0.2, 0.25) is 0 Å². The van der Waals surface area contributed by atoms with Gasteiger partial charge in [-0.1, -0.05) is 58.1 Å². The monoisotopic (exact) mass is 465 g/mol. The second-order valence-corrected chi connectivity index (χ2v) is 10.3. The topological polar surface area (TPSA) is 100 Å². The van der Waals surface area contributed by atoms with E-state index in [2.05, 4.69) is 40.4 Å². The maximum absolute atomic E-state index is 13.2. The van der Waals surface area contributed by atoms with Crippen molar-refractivity contribution in [3.8, 4) is 0 Å². The molecule has 2 fully saturated rings. The molecule has 1 aromatic carbocycles. The van der Waals surface area contributed by atoms with Gasteiger partial charge in [0.2, 0.25) is 11.8 Å². The molecule has 4 rings (SSSR count). The zero-order chi connectivity index (χ0) is 24.1. The highest BCUT2D eigenvalue weighted by Crippen LogP contribution is 2.28. The lowest BCUT2D eigenvalue weighted by atomic mass is 9.84. The quantitative estimate of drug-likeness (QED) is 0.549. The Labute approximate surface area is 202 Å². The first-order valence-electron chi connectivity index (χ1n) is 12.9. The van der Waals surface area contributed by atoms with Crippen molar-refractivity contribution in [1.29, 1.82) is 0 Å². The van der Waals surface area contributed by atoms with Crippen LogP contribution < -0.4 is 16.4 Å². The summed E-state index contributed by atoms with van der Waals surface area (Å²) in [6.07, 6.45) is 10.4. The largest absolute Gasteiger partial charge is 0.383 e. The maximum atomic E-state index is 13.2. The van der Waals surface area contributed by atoms with Gasteiger partial charge in [0.05, 0.1) is 12.1 Å². The molecule has 184 valence electrons. The average Bonchev–Trinajstić information content (AvgIpc) is 3.27. The highest BCUT2D eigenvalue weighted by molar-refractivity contribution is 6.00. The Hall–Kier alpha value is -2.51. The Bertz CT molecular complexity index is 1000. The Morgan fingerprint density at radius 3 is 2.68 bits per heavy atom. The predicted octanol–water partition coefficient (Wildman–Crippen LogP) is 3.76. The molecule has 2 aliphatic rings. The van der Waals surface area contributed by atoms with Crippen LogP contribution in [0.1, 0.15) is 70.8 Å². The number of fused-ring (bicyclic) bond motifs is 1. The number of nitrogens with two attached hydrogens (primary N) is 1. The molecule has 0 unspecified atom stereocenters. The average molecular weight is 466 g/mol. The number of pyridine rings is 1. The molecule has 1 saturated carbocycles. The van der Waals surface area contributed by atoms with Crippen LogP contribution in [0.15, 0.2) is 30.5 Å². The van der Waals surface area contributed by atoms with E-state index in [0.717, 1.165) is 42.1 Å². The van der Waals surface area contributed by atoms with Crippen LogP contribution in [0.25, 0.3) is 10.8 Å². The van der Waals surface area contributed by atoms with Crippen LogP contribution in [0.3, 0.4) is 0 Å². The third kappa shape index (κ3) is 6.13. The first kappa shape index (κ1) is 24.6. The van der Waals surface area contributed by atoms with E-state index in [1.807, 2.05) is 18.2 Å². The van der Waals surface area contributed by atoms with Gasteiger partial charge in [-0.25, -0.2) is 4.98 Å². The van der Waals surface area contributed by atoms with Crippen molar-refractivity contribution in [1.82, 2.24) is 20.5 Å². The van der Waals surface area contributed by atoms with Crippen LogP contribution in [0, 0.1) is 5.92 Å². The summed E-state index contributed by atoms with van der Waals surface area (Å²) in [5.41, 5.74) is 7.11. The van der Waals surface area contributed by atoms with Gasteiger partial charge in [-0.3, -0.25) is 19.8 Å². The summed E-state index contributed by atoms with van der Waals surface area (Å²) in [6, 6.07) is 7.70. The van der Waals surface area contributed by atoms with Crippen molar-refractivity contribution in [2.24, 2.45) is 5.92 Å². The first-order valence-corrected chi connectivity index (χ1v) is 12.9. The summed E-state index contributed by atoms with van der Waals surface area (Å²) < 4.78 is 0. The summed E-state index contributed by atoms with van der Waals surface area (Å²) in [5.74, 6) is 0.741. The Kier molecular flexibility index (Phi) is 8.16. The first-order chi connectivity index (χ1) is 16.4. The third-order valence-electron chi connectivity index (χ3n) is 7.30. The van der Waals surface area contributed by atoms with Gasteiger partial charge in [0.15, 0.2) is 0 Å². The third-order valence-corrected chi connectivity index (χ3v) is 7.30. The normalized spacial score (nSPS) is 20.6.